The molecular formula is C24H30FNO4. The first-order valence-corrected chi connectivity index (χ1v) is 10.4. The lowest BCUT2D eigenvalue weighted by Crippen LogP contribution is -2.37. The van der Waals surface area contributed by atoms with E-state index in [-0.39, 0.29) is 23.8 Å². The number of hydrogen-bond acceptors (Lipinski definition) is 5. The molecule has 0 N–H and O–H groups in total. The zero-order chi connectivity index (χ0) is 21.5. The van der Waals surface area contributed by atoms with Gasteiger partial charge in [-0.15, -0.1) is 0 Å². The Hall–Kier alpha value is -2.60. The van der Waals surface area contributed by atoms with Gasteiger partial charge in [-0.1, -0.05) is 24.3 Å². The van der Waals surface area contributed by atoms with E-state index >= 15 is 0 Å². The Morgan fingerprint density at radius 3 is 2.40 bits per heavy atom. The van der Waals surface area contributed by atoms with Crippen LogP contribution in [0.15, 0.2) is 42.5 Å². The summed E-state index contributed by atoms with van der Waals surface area (Å²) in [5.74, 6) is 0.943. The molecule has 0 aliphatic carbocycles. The number of methoxy groups -OCH3 is 2. The third-order valence-corrected chi connectivity index (χ3v) is 5.72. The Balaban J connectivity index is 1.66. The molecule has 1 atom stereocenters. The third-order valence-electron chi connectivity index (χ3n) is 5.72. The molecule has 1 aliphatic rings. The minimum absolute atomic E-state index is 0.205. The standard InChI is InChI=1S/C24H30FNO4/c1-17(27)30-23(21-5-4-6-22(28-2)24(21)29-3)19-12-15-26(16-13-19)14-11-18-7-9-20(25)10-8-18/h4-10,19,23H,11-16H2,1-3H3/t23-/m1/s1. The summed E-state index contributed by atoms with van der Waals surface area (Å²) in [6, 6.07) is 12.4. The van der Waals surface area contributed by atoms with Gasteiger partial charge < -0.3 is 19.1 Å². The molecule has 6 heteroatoms. The van der Waals surface area contributed by atoms with Gasteiger partial charge in [0.25, 0.3) is 0 Å². The summed E-state index contributed by atoms with van der Waals surface area (Å²) in [7, 11) is 3.20. The molecule has 0 unspecified atom stereocenters. The lowest BCUT2D eigenvalue weighted by Gasteiger charge is -2.36. The maximum absolute atomic E-state index is 13.1. The van der Waals surface area contributed by atoms with Crippen LogP contribution in [0.3, 0.4) is 0 Å². The first kappa shape index (κ1) is 22.1. The van der Waals surface area contributed by atoms with E-state index in [9.17, 15) is 9.18 Å². The highest BCUT2D eigenvalue weighted by atomic mass is 19.1. The molecule has 5 nitrogen and oxygen atoms in total. The molecular weight excluding hydrogens is 385 g/mol. The van der Waals surface area contributed by atoms with E-state index in [4.69, 9.17) is 14.2 Å². The molecule has 3 rings (SSSR count). The van der Waals surface area contributed by atoms with Crippen molar-refractivity contribution in [1.82, 2.24) is 4.90 Å². The van der Waals surface area contributed by atoms with Crippen LogP contribution in [-0.2, 0) is 16.0 Å². The summed E-state index contributed by atoms with van der Waals surface area (Å²) in [5, 5.41) is 0. The first-order valence-electron chi connectivity index (χ1n) is 10.4. The van der Waals surface area contributed by atoms with E-state index in [2.05, 4.69) is 4.90 Å². The first-order chi connectivity index (χ1) is 14.5. The van der Waals surface area contributed by atoms with Crippen LogP contribution in [0.1, 0.15) is 37.0 Å². The van der Waals surface area contributed by atoms with E-state index in [1.807, 2.05) is 30.3 Å². The molecule has 2 aromatic carbocycles. The molecule has 0 spiro atoms. The predicted octanol–water partition coefficient (Wildman–Crippen LogP) is 4.40. The van der Waals surface area contributed by atoms with E-state index < -0.39 is 0 Å². The van der Waals surface area contributed by atoms with Crippen molar-refractivity contribution >= 4 is 5.97 Å². The van der Waals surface area contributed by atoms with E-state index in [0.717, 1.165) is 50.0 Å². The Morgan fingerprint density at radius 1 is 1.10 bits per heavy atom. The molecule has 162 valence electrons. The second kappa shape index (κ2) is 10.4. The van der Waals surface area contributed by atoms with Crippen LogP contribution in [0, 0.1) is 11.7 Å². The number of nitrogens with zero attached hydrogens (tertiary/aromatic N) is 1. The Morgan fingerprint density at radius 2 is 1.80 bits per heavy atom. The fourth-order valence-electron chi connectivity index (χ4n) is 4.15. The molecule has 0 radical (unpaired) electrons. The molecule has 1 heterocycles. The van der Waals surface area contributed by atoms with Crippen LogP contribution >= 0.6 is 0 Å². The van der Waals surface area contributed by atoms with Crippen LogP contribution in [0.4, 0.5) is 4.39 Å². The van der Waals surface area contributed by atoms with Crippen LogP contribution in [0.5, 0.6) is 11.5 Å². The number of esters is 1. The second-order valence-corrected chi connectivity index (χ2v) is 7.67. The summed E-state index contributed by atoms with van der Waals surface area (Å²) >= 11 is 0. The van der Waals surface area contributed by atoms with Gasteiger partial charge in [0.1, 0.15) is 11.9 Å². The number of likely N-dealkylation sites (tertiary alicyclic amines) is 1. The second-order valence-electron chi connectivity index (χ2n) is 7.67. The molecule has 0 saturated carbocycles. The highest BCUT2D eigenvalue weighted by Gasteiger charge is 2.32. The van der Waals surface area contributed by atoms with Gasteiger partial charge in [-0.2, -0.15) is 0 Å². The van der Waals surface area contributed by atoms with Crippen LogP contribution in [-0.4, -0.2) is 44.7 Å². The van der Waals surface area contributed by atoms with Gasteiger partial charge in [0.05, 0.1) is 14.2 Å². The number of piperidine rings is 1. The predicted molar refractivity (Wildman–Crippen MR) is 113 cm³/mol. The Labute approximate surface area is 177 Å². The Bertz CT molecular complexity index is 832. The number of benzene rings is 2. The fourth-order valence-corrected chi connectivity index (χ4v) is 4.15. The number of hydrogen-bond donors (Lipinski definition) is 0. The van der Waals surface area contributed by atoms with Gasteiger partial charge in [0.2, 0.25) is 0 Å². The summed E-state index contributed by atoms with van der Waals surface area (Å²) in [6.07, 6.45) is 2.36. The SMILES string of the molecule is COc1cccc([C@H](OC(C)=O)C2CCN(CCc3ccc(F)cc3)CC2)c1OC. The van der Waals surface area contributed by atoms with E-state index in [1.54, 1.807) is 14.2 Å². The van der Waals surface area contributed by atoms with Crippen LogP contribution < -0.4 is 9.47 Å². The number of halogens is 1. The molecule has 1 fully saturated rings. The van der Waals surface area contributed by atoms with Gasteiger partial charge >= 0.3 is 5.97 Å². The number of para-hydroxylation sites is 1. The highest BCUT2D eigenvalue weighted by Crippen LogP contribution is 2.42. The lowest BCUT2D eigenvalue weighted by molar-refractivity contribution is -0.150. The number of carbonyl (C=O) groups excluding carboxylic acids is 1. The van der Waals surface area contributed by atoms with Crippen molar-refractivity contribution in [1.29, 1.82) is 0 Å². The molecule has 30 heavy (non-hydrogen) atoms. The Kier molecular flexibility index (Phi) is 7.69. The van der Waals surface area contributed by atoms with Crippen molar-refractivity contribution in [3.05, 3.63) is 59.4 Å². The van der Waals surface area contributed by atoms with Crippen molar-refractivity contribution < 1.29 is 23.4 Å². The fraction of sp³-hybridized carbons (Fsp3) is 0.458. The van der Waals surface area contributed by atoms with E-state index in [0.29, 0.717) is 11.5 Å². The molecule has 1 aliphatic heterocycles. The molecule has 1 saturated heterocycles. The monoisotopic (exact) mass is 415 g/mol. The minimum atomic E-state index is -0.369. The summed E-state index contributed by atoms with van der Waals surface area (Å²) in [6.45, 7) is 4.22. The quantitative estimate of drug-likeness (QED) is 0.598. The van der Waals surface area contributed by atoms with Crippen molar-refractivity contribution in [3.8, 4) is 11.5 Å². The largest absolute Gasteiger partial charge is 0.493 e. The zero-order valence-electron chi connectivity index (χ0n) is 17.9. The summed E-state index contributed by atoms with van der Waals surface area (Å²) in [4.78, 5) is 14.3. The van der Waals surface area contributed by atoms with Crippen molar-refractivity contribution in [3.63, 3.8) is 0 Å². The lowest BCUT2D eigenvalue weighted by atomic mass is 9.86. The highest BCUT2D eigenvalue weighted by molar-refractivity contribution is 5.66. The van der Waals surface area contributed by atoms with Crippen molar-refractivity contribution in [2.24, 2.45) is 5.92 Å². The zero-order valence-corrected chi connectivity index (χ0v) is 17.9. The molecule has 2 aromatic rings. The number of ether oxygens (including phenoxy) is 3. The van der Waals surface area contributed by atoms with Gasteiger partial charge in [0.15, 0.2) is 11.5 Å². The van der Waals surface area contributed by atoms with Crippen molar-refractivity contribution in [2.75, 3.05) is 33.9 Å². The van der Waals surface area contributed by atoms with Gasteiger partial charge in [0, 0.05) is 24.9 Å². The maximum Gasteiger partial charge on any atom is 0.303 e. The normalized spacial score (nSPS) is 16.1. The number of carbonyl (C=O) groups is 1. The average molecular weight is 416 g/mol. The topological polar surface area (TPSA) is 48.0 Å². The van der Waals surface area contributed by atoms with Gasteiger partial charge in [-0.05, 0) is 56.1 Å². The van der Waals surface area contributed by atoms with E-state index in [1.165, 1.54) is 19.1 Å². The smallest absolute Gasteiger partial charge is 0.303 e. The molecule has 0 amide bonds. The minimum Gasteiger partial charge on any atom is -0.493 e. The number of rotatable bonds is 8. The maximum atomic E-state index is 13.1. The van der Waals surface area contributed by atoms with Gasteiger partial charge in [-0.25, -0.2) is 4.39 Å². The molecule has 0 aromatic heterocycles. The average Bonchev–Trinajstić information content (AvgIpc) is 2.76. The van der Waals surface area contributed by atoms with Gasteiger partial charge in [-0.3, -0.25) is 4.79 Å². The van der Waals surface area contributed by atoms with Crippen molar-refractivity contribution in [2.45, 2.75) is 32.3 Å². The molecule has 0 bridgehead atoms. The summed E-state index contributed by atoms with van der Waals surface area (Å²) < 4.78 is 29.8. The summed E-state index contributed by atoms with van der Waals surface area (Å²) in [5.41, 5.74) is 1.98. The van der Waals surface area contributed by atoms with Crippen LogP contribution in [0.25, 0.3) is 0 Å². The van der Waals surface area contributed by atoms with Crippen LogP contribution in [0.2, 0.25) is 0 Å². The third kappa shape index (κ3) is 5.51.